The van der Waals surface area contributed by atoms with Gasteiger partial charge in [-0.2, -0.15) is 0 Å². The van der Waals surface area contributed by atoms with Crippen LogP contribution in [0.1, 0.15) is 54.9 Å². The van der Waals surface area contributed by atoms with Crippen molar-refractivity contribution in [1.82, 2.24) is 25.3 Å². The summed E-state index contributed by atoms with van der Waals surface area (Å²) in [6.45, 7) is 7.15. The molecule has 1 amide bonds. The van der Waals surface area contributed by atoms with Crippen LogP contribution in [0.25, 0.3) is 10.9 Å². The molecule has 9 heteroatoms. The number of rotatable bonds is 6. The summed E-state index contributed by atoms with van der Waals surface area (Å²) in [5.41, 5.74) is 3.42. The first-order valence-electron chi connectivity index (χ1n) is 12.8. The molecule has 1 saturated heterocycles. The summed E-state index contributed by atoms with van der Waals surface area (Å²) in [7, 11) is 1.61. The number of hydrogen-bond acceptors (Lipinski definition) is 8. The van der Waals surface area contributed by atoms with Crippen molar-refractivity contribution in [3.05, 3.63) is 47.4 Å². The monoisotopic (exact) mass is 492 g/mol. The fourth-order valence-electron chi connectivity index (χ4n) is 5.28. The number of nitrogens with zero attached hydrogens (tertiary/aromatic N) is 5. The van der Waals surface area contributed by atoms with Crippen LogP contribution in [0.15, 0.2) is 24.4 Å². The number of carbonyl (C=O) groups excluding carboxylic acids is 1. The van der Waals surface area contributed by atoms with Gasteiger partial charge >= 0.3 is 0 Å². The number of morpholine rings is 1. The number of aryl methyl sites for hydroxylation is 2. The average Bonchev–Trinajstić information content (AvgIpc) is 2.89. The summed E-state index contributed by atoms with van der Waals surface area (Å²) >= 11 is 0. The lowest BCUT2D eigenvalue weighted by Crippen LogP contribution is -2.36. The molecular weight excluding hydrogens is 456 g/mol. The molecule has 36 heavy (non-hydrogen) atoms. The van der Waals surface area contributed by atoms with Crippen molar-refractivity contribution in [2.45, 2.75) is 52.1 Å². The lowest BCUT2D eigenvalue weighted by atomic mass is 9.85. The molecule has 2 fully saturated rings. The predicted molar refractivity (Wildman–Crippen MR) is 140 cm³/mol. The first-order chi connectivity index (χ1) is 17.5. The van der Waals surface area contributed by atoms with Crippen molar-refractivity contribution in [3.63, 3.8) is 0 Å². The van der Waals surface area contributed by atoms with E-state index in [4.69, 9.17) is 14.5 Å². The van der Waals surface area contributed by atoms with Gasteiger partial charge in [-0.15, -0.1) is 0 Å². The van der Waals surface area contributed by atoms with Gasteiger partial charge in [0.1, 0.15) is 23.1 Å². The second-order valence-electron chi connectivity index (χ2n) is 9.70. The number of anilines is 1. The molecule has 2 aliphatic rings. The molecule has 0 radical (unpaired) electrons. The number of fused-ring (bicyclic) bond motifs is 1. The standard InChI is InChI=1S/C27H34N6O3.H2/c1-17-26-23(31-18(2)30-17)15-20(33-10-12-35-13-11-33)16-24(26)36-21-6-4-19(5-7-21)14-25-29-9-8-22(32-25)27(34)28-3;/h8-9,15-16,19,21H,4-7,10-14H2,1-3H3,(H,28,34);1H. The minimum Gasteiger partial charge on any atom is -0.490 e. The SMILES string of the molecule is CNC(=O)c1ccnc(CC2CCC(Oc3cc(N4CCOCC4)cc4nc(C)nc(C)c34)CC2)n1.[HH]. The molecule has 2 aromatic heterocycles. The molecule has 1 saturated carbocycles. The van der Waals surface area contributed by atoms with Crippen molar-refractivity contribution in [1.29, 1.82) is 0 Å². The van der Waals surface area contributed by atoms with Gasteiger partial charge in [0.15, 0.2) is 0 Å². The van der Waals surface area contributed by atoms with Crippen LogP contribution in [0, 0.1) is 19.8 Å². The molecule has 0 atom stereocenters. The summed E-state index contributed by atoms with van der Waals surface area (Å²) in [5, 5.41) is 3.62. The number of ether oxygens (including phenoxy) is 2. The van der Waals surface area contributed by atoms with Crippen LogP contribution < -0.4 is 15.0 Å². The highest BCUT2D eigenvalue weighted by atomic mass is 16.5. The maximum Gasteiger partial charge on any atom is 0.269 e. The van der Waals surface area contributed by atoms with Crippen LogP contribution >= 0.6 is 0 Å². The molecule has 0 unspecified atom stereocenters. The Morgan fingerprint density at radius 1 is 1.14 bits per heavy atom. The Kier molecular flexibility index (Phi) is 7.27. The number of benzene rings is 1. The Balaban J connectivity index is 0.00000320. The third-order valence-electron chi connectivity index (χ3n) is 7.14. The number of hydrogen-bond donors (Lipinski definition) is 1. The minimum atomic E-state index is -0.184. The maximum atomic E-state index is 11.9. The largest absolute Gasteiger partial charge is 0.490 e. The van der Waals surface area contributed by atoms with E-state index in [9.17, 15) is 4.79 Å². The van der Waals surface area contributed by atoms with Gasteiger partial charge in [0.05, 0.1) is 35.9 Å². The number of nitrogens with one attached hydrogen (secondary N) is 1. The molecule has 1 aliphatic carbocycles. The number of carbonyl (C=O) groups is 1. The van der Waals surface area contributed by atoms with E-state index in [1.165, 1.54) is 0 Å². The topological polar surface area (TPSA) is 102 Å². The van der Waals surface area contributed by atoms with Gasteiger partial charge < -0.3 is 19.7 Å². The minimum absolute atomic E-state index is 0. The summed E-state index contributed by atoms with van der Waals surface area (Å²) in [4.78, 5) is 32.4. The van der Waals surface area contributed by atoms with E-state index in [-0.39, 0.29) is 13.4 Å². The molecule has 3 heterocycles. The van der Waals surface area contributed by atoms with Crippen molar-refractivity contribution in [3.8, 4) is 5.75 Å². The molecule has 1 aliphatic heterocycles. The van der Waals surface area contributed by atoms with E-state index < -0.39 is 0 Å². The molecule has 1 N–H and O–H groups in total. The summed E-state index contributed by atoms with van der Waals surface area (Å²) < 4.78 is 12.2. The first kappa shape index (κ1) is 24.4. The Bertz CT molecular complexity index is 1240. The van der Waals surface area contributed by atoms with E-state index in [0.717, 1.165) is 98.1 Å². The lowest BCUT2D eigenvalue weighted by Gasteiger charge is -2.31. The maximum absolute atomic E-state index is 11.9. The van der Waals surface area contributed by atoms with Gasteiger partial charge in [0.2, 0.25) is 0 Å². The van der Waals surface area contributed by atoms with Crippen LogP contribution in [-0.4, -0.2) is 65.3 Å². The molecule has 0 spiro atoms. The highest BCUT2D eigenvalue weighted by Crippen LogP contribution is 2.36. The van der Waals surface area contributed by atoms with Gasteiger partial charge in [-0.25, -0.2) is 19.9 Å². The zero-order valence-corrected chi connectivity index (χ0v) is 21.3. The fourth-order valence-corrected chi connectivity index (χ4v) is 5.28. The van der Waals surface area contributed by atoms with Crippen LogP contribution in [0.4, 0.5) is 5.69 Å². The van der Waals surface area contributed by atoms with Gasteiger partial charge in [0.25, 0.3) is 5.91 Å². The van der Waals surface area contributed by atoms with Gasteiger partial charge in [-0.1, -0.05) is 0 Å². The van der Waals surface area contributed by atoms with E-state index in [1.807, 2.05) is 13.8 Å². The molecule has 3 aromatic rings. The van der Waals surface area contributed by atoms with Crippen LogP contribution in [0.5, 0.6) is 5.75 Å². The second kappa shape index (κ2) is 10.7. The zero-order chi connectivity index (χ0) is 25.1. The lowest BCUT2D eigenvalue weighted by molar-refractivity contribution is 0.0957. The fraction of sp³-hybridized carbons (Fsp3) is 0.519. The van der Waals surface area contributed by atoms with Gasteiger partial charge in [0, 0.05) is 45.9 Å². The Hall–Kier alpha value is -3.33. The van der Waals surface area contributed by atoms with Gasteiger partial charge in [-0.3, -0.25) is 4.79 Å². The smallest absolute Gasteiger partial charge is 0.269 e. The Morgan fingerprint density at radius 3 is 2.67 bits per heavy atom. The van der Waals surface area contributed by atoms with E-state index in [0.29, 0.717) is 11.6 Å². The van der Waals surface area contributed by atoms with Crippen molar-refractivity contribution >= 4 is 22.5 Å². The van der Waals surface area contributed by atoms with Crippen molar-refractivity contribution < 1.29 is 15.7 Å². The third kappa shape index (κ3) is 5.41. The highest BCUT2D eigenvalue weighted by Gasteiger charge is 2.25. The number of aromatic nitrogens is 4. The Labute approximate surface area is 213 Å². The average molecular weight is 493 g/mol. The van der Waals surface area contributed by atoms with Crippen molar-refractivity contribution in [2.75, 3.05) is 38.3 Å². The zero-order valence-electron chi connectivity index (χ0n) is 21.3. The summed E-state index contributed by atoms with van der Waals surface area (Å²) in [6.07, 6.45) is 6.59. The Morgan fingerprint density at radius 2 is 1.92 bits per heavy atom. The van der Waals surface area contributed by atoms with Crippen LogP contribution in [0.3, 0.4) is 0 Å². The highest BCUT2D eigenvalue weighted by molar-refractivity contribution is 5.92. The van der Waals surface area contributed by atoms with Crippen molar-refractivity contribution in [2.24, 2.45) is 5.92 Å². The molecule has 0 bridgehead atoms. The van der Waals surface area contributed by atoms with Gasteiger partial charge in [-0.05, 0) is 57.6 Å². The van der Waals surface area contributed by atoms with Crippen LogP contribution in [0.2, 0.25) is 0 Å². The summed E-state index contributed by atoms with van der Waals surface area (Å²) in [5.74, 6) is 2.67. The third-order valence-corrected chi connectivity index (χ3v) is 7.14. The molecular formula is C27H36N6O3. The van der Waals surface area contributed by atoms with E-state index >= 15 is 0 Å². The quantitative estimate of drug-likeness (QED) is 0.556. The molecule has 9 nitrogen and oxygen atoms in total. The first-order valence-corrected chi connectivity index (χ1v) is 12.8. The predicted octanol–water partition coefficient (Wildman–Crippen LogP) is 3.66. The van der Waals surface area contributed by atoms with E-state index in [1.54, 1.807) is 19.3 Å². The van der Waals surface area contributed by atoms with Crippen LogP contribution in [-0.2, 0) is 11.2 Å². The second-order valence-corrected chi connectivity index (χ2v) is 9.70. The molecule has 192 valence electrons. The normalized spacial score (nSPS) is 20.4. The summed E-state index contributed by atoms with van der Waals surface area (Å²) in [6, 6.07) is 5.96. The van der Waals surface area contributed by atoms with E-state index in [2.05, 4.69) is 37.3 Å². The molecule has 1 aromatic carbocycles. The molecule has 5 rings (SSSR count). The number of amides is 1.